The third kappa shape index (κ3) is 5.75. The summed E-state index contributed by atoms with van der Waals surface area (Å²) in [5.41, 5.74) is -0.228. The molecule has 0 amide bonds. The van der Waals surface area contributed by atoms with Gasteiger partial charge in [-0.15, -0.1) is 0 Å². The van der Waals surface area contributed by atoms with Crippen molar-refractivity contribution in [2.45, 2.75) is 156 Å². The summed E-state index contributed by atoms with van der Waals surface area (Å²) >= 11 is 0. The lowest BCUT2D eigenvalue weighted by atomic mass is 9.42. The summed E-state index contributed by atoms with van der Waals surface area (Å²) < 4.78 is 38.7. The van der Waals surface area contributed by atoms with E-state index >= 15 is 0 Å². The van der Waals surface area contributed by atoms with Gasteiger partial charge in [0.2, 0.25) is 0 Å². The van der Waals surface area contributed by atoms with Gasteiger partial charge in [0.15, 0.2) is 17.9 Å². The molecule has 46 heavy (non-hydrogen) atoms. The van der Waals surface area contributed by atoms with Gasteiger partial charge in [-0.25, -0.2) is 0 Å². The zero-order valence-electron chi connectivity index (χ0n) is 30.6. The molecule has 2 aliphatic heterocycles. The molecular formula is C38H66O8. The largest absolute Gasteiger partial charge is 0.396 e. The number of hydrogen-bond donors (Lipinski definition) is 2. The van der Waals surface area contributed by atoms with Crippen LogP contribution in [0.2, 0.25) is 0 Å². The number of fused-ring (bicyclic) bond motifs is 7. The molecule has 0 bridgehead atoms. The Balaban J connectivity index is 1.26. The molecule has 14 atom stereocenters. The van der Waals surface area contributed by atoms with Crippen LogP contribution in [0, 0.1) is 57.7 Å². The molecule has 2 heterocycles. The van der Waals surface area contributed by atoms with Gasteiger partial charge in [-0.2, -0.15) is 0 Å². The average molecular weight is 651 g/mol. The van der Waals surface area contributed by atoms with E-state index in [4.69, 9.17) is 28.4 Å². The smallest absolute Gasteiger partial charge is 0.172 e. The molecule has 6 aliphatic rings. The molecule has 2 N–H and O–H groups in total. The molecule has 0 aromatic rings. The molecule has 1 spiro atoms. The Morgan fingerprint density at radius 2 is 1.54 bits per heavy atom. The molecule has 4 aliphatic carbocycles. The van der Waals surface area contributed by atoms with Crippen LogP contribution in [0.1, 0.15) is 114 Å². The highest BCUT2D eigenvalue weighted by molar-refractivity contribution is 5.16. The minimum absolute atomic E-state index is 0.0341. The quantitative estimate of drug-likeness (QED) is 0.257. The summed E-state index contributed by atoms with van der Waals surface area (Å²) in [6, 6.07) is 0. The summed E-state index contributed by atoms with van der Waals surface area (Å²) in [4.78, 5) is 0. The van der Waals surface area contributed by atoms with Gasteiger partial charge in [-0.3, -0.25) is 0 Å². The van der Waals surface area contributed by atoms with E-state index in [1.807, 2.05) is 13.8 Å². The predicted octanol–water partition coefficient (Wildman–Crippen LogP) is 6.55. The number of rotatable bonds is 10. The van der Waals surface area contributed by atoms with Crippen LogP contribution in [-0.2, 0) is 28.4 Å². The van der Waals surface area contributed by atoms with E-state index in [2.05, 4.69) is 55.4 Å². The molecule has 8 heteroatoms. The van der Waals surface area contributed by atoms with E-state index in [0.29, 0.717) is 49.4 Å². The first-order chi connectivity index (χ1) is 21.5. The lowest BCUT2D eigenvalue weighted by molar-refractivity contribution is -0.301. The fraction of sp³-hybridized carbons (Fsp3) is 1.00. The fourth-order valence-electron chi connectivity index (χ4n) is 12.1. The highest BCUT2D eigenvalue weighted by Gasteiger charge is 2.70. The van der Waals surface area contributed by atoms with Crippen LogP contribution >= 0.6 is 0 Å². The second kappa shape index (κ2) is 12.5. The lowest BCUT2D eigenvalue weighted by Crippen LogP contribution is -2.65. The first-order valence-electron chi connectivity index (χ1n) is 18.7. The van der Waals surface area contributed by atoms with Crippen molar-refractivity contribution < 1.29 is 38.6 Å². The maximum atomic E-state index is 12.2. The molecule has 6 fully saturated rings. The zero-order valence-corrected chi connectivity index (χ0v) is 30.6. The number of aliphatic hydroxyl groups excluding tert-OH is 2. The highest BCUT2D eigenvalue weighted by atomic mass is 16.8. The van der Waals surface area contributed by atoms with Crippen molar-refractivity contribution in [2.75, 3.05) is 26.4 Å². The Morgan fingerprint density at radius 3 is 2.20 bits per heavy atom. The molecular weight excluding hydrogens is 584 g/mol. The fourth-order valence-corrected chi connectivity index (χ4v) is 12.1. The van der Waals surface area contributed by atoms with Crippen LogP contribution in [0.4, 0.5) is 0 Å². The third-order valence-electron chi connectivity index (χ3n) is 14.8. The summed E-state index contributed by atoms with van der Waals surface area (Å²) in [6.07, 6.45) is 6.23. The average Bonchev–Trinajstić information content (AvgIpc) is 3.68. The molecule has 8 nitrogen and oxygen atoms in total. The van der Waals surface area contributed by atoms with E-state index in [1.54, 1.807) is 0 Å². The van der Waals surface area contributed by atoms with E-state index < -0.39 is 35.5 Å². The molecule has 4 saturated carbocycles. The monoisotopic (exact) mass is 650 g/mol. The highest BCUT2D eigenvalue weighted by Crippen LogP contribution is 2.71. The van der Waals surface area contributed by atoms with Gasteiger partial charge in [-0.05, 0) is 118 Å². The van der Waals surface area contributed by atoms with Crippen molar-refractivity contribution >= 4 is 0 Å². The van der Waals surface area contributed by atoms with Crippen LogP contribution in [-0.4, -0.2) is 78.9 Å². The Kier molecular flexibility index (Phi) is 9.62. The second-order valence-corrected chi connectivity index (χ2v) is 17.9. The van der Waals surface area contributed by atoms with E-state index in [1.165, 1.54) is 19.3 Å². The molecule has 0 radical (unpaired) electrons. The predicted molar refractivity (Wildman–Crippen MR) is 176 cm³/mol. The van der Waals surface area contributed by atoms with E-state index in [0.717, 1.165) is 25.7 Å². The second-order valence-electron chi connectivity index (χ2n) is 17.9. The Morgan fingerprint density at radius 1 is 0.891 bits per heavy atom. The molecule has 0 aromatic carbocycles. The summed E-state index contributed by atoms with van der Waals surface area (Å²) in [5.74, 6) is 1.22. The van der Waals surface area contributed by atoms with Gasteiger partial charge in [-0.1, -0.05) is 41.5 Å². The van der Waals surface area contributed by atoms with Gasteiger partial charge < -0.3 is 38.6 Å². The summed E-state index contributed by atoms with van der Waals surface area (Å²) in [5, 5.41) is 22.4. The number of aliphatic hydroxyl groups is 2. The Labute approximate surface area is 278 Å². The first-order valence-corrected chi connectivity index (χ1v) is 18.7. The van der Waals surface area contributed by atoms with Crippen molar-refractivity contribution in [3.05, 3.63) is 0 Å². The minimum Gasteiger partial charge on any atom is -0.396 e. The van der Waals surface area contributed by atoms with Gasteiger partial charge >= 0.3 is 0 Å². The SMILES string of the molecule is CCOC(C)O[C@@H]([C@H](O)[C@@H](C)[C@H]1CC[C@H]2[C@@H]3CC4(OCCO4)[C@H]4C[C@@H]5OC(C)(C)O[C@@H]5C[C@]4(C)[C@H]3CC[C@]12C)[C@@H](C)C(C)(C)CO. The minimum atomic E-state index is -0.665. The van der Waals surface area contributed by atoms with Crippen LogP contribution in [0.5, 0.6) is 0 Å². The summed E-state index contributed by atoms with van der Waals surface area (Å²) in [6.45, 7) is 23.4. The van der Waals surface area contributed by atoms with Crippen LogP contribution < -0.4 is 0 Å². The maximum absolute atomic E-state index is 12.2. The first kappa shape index (κ1) is 35.5. The van der Waals surface area contributed by atoms with Crippen LogP contribution in [0.15, 0.2) is 0 Å². The Hall–Kier alpha value is -0.320. The van der Waals surface area contributed by atoms with Crippen LogP contribution in [0.25, 0.3) is 0 Å². The maximum Gasteiger partial charge on any atom is 0.172 e. The number of ether oxygens (including phenoxy) is 6. The van der Waals surface area contributed by atoms with Gasteiger partial charge in [0.25, 0.3) is 0 Å². The molecule has 6 rings (SSSR count). The Bertz CT molecular complexity index is 1070. The van der Waals surface area contributed by atoms with Crippen molar-refractivity contribution in [2.24, 2.45) is 57.7 Å². The van der Waals surface area contributed by atoms with Gasteiger partial charge in [0.1, 0.15) is 0 Å². The van der Waals surface area contributed by atoms with E-state index in [9.17, 15) is 10.2 Å². The molecule has 1 unspecified atom stereocenters. The zero-order chi connectivity index (χ0) is 33.4. The molecule has 266 valence electrons. The van der Waals surface area contributed by atoms with Crippen molar-refractivity contribution in [3.8, 4) is 0 Å². The topological polar surface area (TPSA) is 95.8 Å². The van der Waals surface area contributed by atoms with Crippen molar-refractivity contribution in [1.82, 2.24) is 0 Å². The van der Waals surface area contributed by atoms with Gasteiger partial charge in [0.05, 0.1) is 37.6 Å². The number of hydrogen-bond acceptors (Lipinski definition) is 8. The van der Waals surface area contributed by atoms with Crippen LogP contribution in [0.3, 0.4) is 0 Å². The normalized spacial score (nSPS) is 44.5. The van der Waals surface area contributed by atoms with Gasteiger partial charge in [0, 0.05) is 25.6 Å². The third-order valence-corrected chi connectivity index (χ3v) is 14.8. The van der Waals surface area contributed by atoms with Crippen molar-refractivity contribution in [3.63, 3.8) is 0 Å². The molecule has 0 aromatic heterocycles. The standard InChI is InChI=1S/C38H66O8/c1-11-41-24(4)44-33(23(3)34(5,6)21-39)32(40)22(2)26-12-13-27-25-19-38(42-16-17-43-38)31-18-29-30(46-35(7,8)45-29)20-37(31,10)28(25)14-15-36(26,27)9/h22-33,39-40H,11-21H2,1-10H3/t22-,23+,24?,25-,26+,27-,28-,29-,30+,31-,32+,33+,36+,37+/m0/s1. The molecule has 2 saturated heterocycles. The summed E-state index contributed by atoms with van der Waals surface area (Å²) in [7, 11) is 0. The lowest BCUT2D eigenvalue weighted by Gasteiger charge is -2.65. The van der Waals surface area contributed by atoms with E-state index in [-0.39, 0.29) is 41.5 Å². The van der Waals surface area contributed by atoms with Crippen molar-refractivity contribution in [1.29, 1.82) is 0 Å².